The molecule has 2 aliphatic heterocycles. The van der Waals surface area contributed by atoms with E-state index in [1.807, 2.05) is 12.3 Å². The summed E-state index contributed by atoms with van der Waals surface area (Å²) in [5.41, 5.74) is 5.87. The molecule has 1 aromatic heterocycles. The molecule has 0 bridgehead atoms. The van der Waals surface area contributed by atoms with E-state index in [-0.39, 0.29) is 0 Å². The number of hydrogen-bond donors (Lipinski definition) is 0. The molecular weight excluding hydrogens is 342 g/mol. The van der Waals surface area contributed by atoms with Gasteiger partial charge in [0.05, 0.1) is 18.8 Å². The van der Waals surface area contributed by atoms with Crippen molar-refractivity contribution >= 4 is 28.7 Å². The van der Waals surface area contributed by atoms with E-state index in [1.165, 1.54) is 16.8 Å². The minimum Gasteiger partial charge on any atom is -0.616 e. The molecule has 0 amide bonds. The lowest BCUT2D eigenvalue weighted by atomic mass is 9.95. The first kappa shape index (κ1) is 17.3. The van der Waals surface area contributed by atoms with E-state index in [0.29, 0.717) is 0 Å². The van der Waals surface area contributed by atoms with Crippen LogP contribution in [0.3, 0.4) is 0 Å². The van der Waals surface area contributed by atoms with Gasteiger partial charge in [-0.3, -0.25) is 9.98 Å². The van der Waals surface area contributed by atoms with Crippen LogP contribution in [0.15, 0.2) is 59.4 Å². The maximum atomic E-state index is 11.5. The largest absolute Gasteiger partial charge is 0.616 e. The summed E-state index contributed by atoms with van der Waals surface area (Å²) in [6, 6.07) is 12.7. The van der Waals surface area contributed by atoms with Crippen LogP contribution in [0.1, 0.15) is 24.0 Å². The van der Waals surface area contributed by atoms with Gasteiger partial charge >= 0.3 is 0 Å². The van der Waals surface area contributed by atoms with Gasteiger partial charge in [0.15, 0.2) is 0 Å². The summed E-state index contributed by atoms with van der Waals surface area (Å²) in [5, 5.41) is 0. The fraction of sp³-hybridized carbons (Fsp3) is 0.333. The summed E-state index contributed by atoms with van der Waals surface area (Å²) in [6.45, 7) is 2.65. The third-order valence-corrected chi connectivity index (χ3v) is 6.17. The quantitative estimate of drug-likeness (QED) is 0.784. The molecule has 0 saturated carbocycles. The Morgan fingerprint density at radius 2 is 1.88 bits per heavy atom. The van der Waals surface area contributed by atoms with Crippen molar-refractivity contribution in [3.05, 3.63) is 65.5 Å². The summed E-state index contributed by atoms with van der Waals surface area (Å²) in [6.07, 6.45) is 8.08. The molecule has 4 rings (SSSR count). The van der Waals surface area contributed by atoms with E-state index >= 15 is 0 Å². The topological polar surface area (TPSA) is 51.5 Å². The van der Waals surface area contributed by atoms with Crippen LogP contribution >= 0.6 is 0 Å². The number of anilines is 1. The predicted molar refractivity (Wildman–Crippen MR) is 109 cm³/mol. The molecule has 1 aromatic carbocycles. The Morgan fingerprint density at radius 3 is 2.62 bits per heavy atom. The Morgan fingerprint density at radius 1 is 1.08 bits per heavy atom. The molecule has 0 unspecified atom stereocenters. The van der Waals surface area contributed by atoms with E-state index in [0.717, 1.165) is 55.3 Å². The van der Waals surface area contributed by atoms with Gasteiger partial charge in [-0.25, -0.2) is 0 Å². The van der Waals surface area contributed by atoms with Crippen molar-refractivity contribution in [2.24, 2.45) is 4.99 Å². The Labute approximate surface area is 157 Å². The highest BCUT2D eigenvalue weighted by Crippen LogP contribution is 2.24. The SMILES string of the molecule is [O-][S+]1CCN(c2ccc(/C=C3\CCCN=C3c3cccnc3)cc2)CC1. The Balaban J connectivity index is 1.53. The minimum absolute atomic E-state index is 0.636. The molecular formula is C21H23N3OS. The second kappa shape index (κ2) is 8.06. The fourth-order valence-electron chi connectivity index (χ4n) is 3.48. The monoisotopic (exact) mass is 365 g/mol. The summed E-state index contributed by atoms with van der Waals surface area (Å²) in [5.74, 6) is 1.55. The maximum absolute atomic E-state index is 11.5. The second-order valence-corrected chi connectivity index (χ2v) is 8.37. The van der Waals surface area contributed by atoms with Gasteiger partial charge in [0, 0.05) is 30.2 Å². The van der Waals surface area contributed by atoms with Crippen LogP contribution in [-0.4, -0.2) is 46.4 Å². The molecule has 0 atom stereocenters. The lowest BCUT2D eigenvalue weighted by molar-refractivity contribution is 0.586. The average molecular weight is 366 g/mol. The lowest BCUT2D eigenvalue weighted by Gasteiger charge is -2.30. The number of benzene rings is 1. The zero-order chi connectivity index (χ0) is 17.8. The fourth-order valence-corrected chi connectivity index (χ4v) is 4.53. The Hall–Kier alpha value is -2.11. The highest BCUT2D eigenvalue weighted by Gasteiger charge is 2.19. The first-order valence-electron chi connectivity index (χ1n) is 9.15. The zero-order valence-corrected chi connectivity index (χ0v) is 15.6. The third-order valence-electron chi connectivity index (χ3n) is 4.89. The van der Waals surface area contributed by atoms with Gasteiger partial charge in [-0.1, -0.05) is 23.3 Å². The molecule has 0 N–H and O–H groups in total. The standard InChI is InChI=1S/C21H23N3OS/c25-26-13-11-24(12-14-26)20-7-5-17(6-8-20)15-18-3-2-10-23-21(18)19-4-1-9-22-16-19/h1,4-9,15-16H,2-3,10-14H2/b18-15+. The first-order valence-corrected chi connectivity index (χ1v) is 10.6. The number of allylic oxidation sites excluding steroid dienone is 1. The van der Waals surface area contributed by atoms with Crippen LogP contribution in [-0.2, 0) is 11.2 Å². The Kier molecular flexibility index (Phi) is 5.37. The van der Waals surface area contributed by atoms with Crippen molar-refractivity contribution in [1.29, 1.82) is 0 Å². The van der Waals surface area contributed by atoms with E-state index in [4.69, 9.17) is 4.99 Å². The van der Waals surface area contributed by atoms with Crippen LogP contribution in [0.4, 0.5) is 5.69 Å². The van der Waals surface area contributed by atoms with Crippen LogP contribution in [0.5, 0.6) is 0 Å². The molecule has 0 radical (unpaired) electrons. The predicted octanol–water partition coefficient (Wildman–Crippen LogP) is 3.32. The van der Waals surface area contributed by atoms with Crippen molar-refractivity contribution in [3.8, 4) is 0 Å². The first-order chi connectivity index (χ1) is 12.8. The van der Waals surface area contributed by atoms with Crippen molar-refractivity contribution in [2.75, 3.05) is 36.0 Å². The molecule has 2 aromatic rings. The van der Waals surface area contributed by atoms with E-state index in [9.17, 15) is 4.55 Å². The molecule has 134 valence electrons. The number of aromatic nitrogens is 1. The lowest BCUT2D eigenvalue weighted by Crippen LogP contribution is -2.40. The average Bonchev–Trinajstić information content (AvgIpc) is 2.70. The van der Waals surface area contributed by atoms with Gasteiger partial charge in [-0.15, -0.1) is 0 Å². The highest BCUT2D eigenvalue weighted by atomic mass is 32.2. The molecule has 3 heterocycles. The van der Waals surface area contributed by atoms with Crippen LogP contribution in [0.25, 0.3) is 6.08 Å². The molecule has 5 heteroatoms. The van der Waals surface area contributed by atoms with Crippen LogP contribution in [0, 0.1) is 0 Å². The summed E-state index contributed by atoms with van der Waals surface area (Å²) in [7, 11) is 0. The molecule has 26 heavy (non-hydrogen) atoms. The molecule has 0 aliphatic carbocycles. The van der Waals surface area contributed by atoms with Crippen molar-refractivity contribution < 1.29 is 4.55 Å². The van der Waals surface area contributed by atoms with Gasteiger partial charge < -0.3 is 9.45 Å². The molecule has 1 fully saturated rings. The van der Waals surface area contributed by atoms with Gasteiger partial charge in [-0.05, 0) is 54.3 Å². The summed E-state index contributed by atoms with van der Waals surface area (Å²) >= 11 is -0.636. The van der Waals surface area contributed by atoms with Crippen molar-refractivity contribution in [1.82, 2.24) is 4.98 Å². The summed E-state index contributed by atoms with van der Waals surface area (Å²) in [4.78, 5) is 11.3. The summed E-state index contributed by atoms with van der Waals surface area (Å²) < 4.78 is 11.5. The third kappa shape index (κ3) is 4.00. The van der Waals surface area contributed by atoms with Gasteiger partial charge in [-0.2, -0.15) is 0 Å². The van der Waals surface area contributed by atoms with Gasteiger partial charge in [0.2, 0.25) is 0 Å². The van der Waals surface area contributed by atoms with Crippen molar-refractivity contribution in [2.45, 2.75) is 12.8 Å². The van der Waals surface area contributed by atoms with E-state index in [1.54, 1.807) is 6.20 Å². The number of hydrogen-bond acceptors (Lipinski definition) is 4. The van der Waals surface area contributed by atoms with Crippen LogP contribution < -0.4 is 4.90 Å². The molecule has 4 nitrogen and oxygen atoms in total. The number of rotatable bonds is 3. The minimum atomic E-state index is -0.636. The normalized spacial score (nSPS) is 20.3. The van der Waals surface area contributed by atoms with E-state index < -0.39 is 11.2 Å². The number of aliphatic imine (C=N–C) groups is 1. The molecule has 1 saturated heterocycles. The van der Waals surface area contributed by atoms with Gasteiger partial charge in [0.1, 0.15) is 11.5 Å². The van der Waals surface area contributed by atoms with Crippen molar-refractivity contribution in [3.63, 3.8) is 0 Å². The molecule has 0 spiro atoms. The number of nitrogens with zero attached hydrogens (tertiary/aromatic N) is 3. The zero-order valence-electron chi connectivity index (χ0n) is 14.8. The highest BCUT2D eigenvalue weighted by molar-refractivity contribution is 7.91. The second-order valence-electron chi connectivity index (χ2n) is 6.67. The maximum Gasteiger partial charge on any atom is 0.123 e. The van der Waals surface area contributed by atoms with Gasteiger partial charge in [0.25, 0.3) is 0 Å². The number of pyridine rings is 1. The molecule has 2 aliphatic rings. The van der Waals surface area contributed by atoms with E-state index in [2.05, 4.69) is 46.3 Å². The Bertz CT molecular complexity index is 794. The smallest absolute Gasteiger partial charge is 0.123 e. The van der Waals surface area contributed by atoms with Crippen LogP contribution in [0.2, 0.25) is 0 Å².